The Morgan fingerprint density at radius 2 is 2.11 bits per heavy atom. The number of rotatable bonds is 4. The van der Waals surface area contributed by atoms with E-state index in [4.69, 9.17) is 4.74 Å². The fourth-order valence-corrected chi connectivity index (χ4v) is 1.82. The quantitative estimate of drug-likeness (QED) is 0.924. The van der Waals surface area contributed by atoms with E-state index in [2.05, 4.69) is 9.97 Å². The van der Waals surface area contributed by atoms with Crippen LogP contribution < -0.4 is 0 Å². The molecule has 104 valence electrons. The highest BCUT2D eigenvalue weighted by atomic mass is 19.4. The van der Waals surface area contributed by atoms with Crippen LogP contribution in [-0.4, -0.2) is 23.2 Å². The topological polar surface area (TPSA) is 37.9 Å². The molecular formula is C13H15F3N2O. The summed E-state index contributed by atoms with van der Waals surface area (Å²) in [5.41, 5.74) is 0.295. The summed E-state index contributed by atoms with van der Waals surface area (Å²) in [6, 6.07) is 3.52. The highest BCUT2D eigenvalue weighted by Gasteiger charge is 2.30. The van der Waals surface area contributed by atoms with Gasteiger partial charge in [-0.1, -0.05) is 0 Å². The lowest BCUT2D eigenvalue weighted by Crippen LogP contribution is -2.06. The Kier molecular flexibility index (Phi) is 3.80. The molecule has 1 aromatic heterocycles. The summed E-state index contributed by atoms with van der Waals surface area (Å²) in [4.78, 5) is 7.18. The van der Waals surface area contributed by atoms with Gasteiger partial charge in [-0.05, 0) is 31.5 Å². The molecule has 0 radical (unpaired) electrons. The van der Waals surface area contributed by atoms with Crippen LogP contribution in [-0.2, 0) is 17.3 Å². The molecule has 1 aromatic carbocycles. The first kappa shape index (κ1) is 13.9. The third-order valence-corrected chi connectivity index (χ3v) is 3.05. The molecule has 0 aliphatic carbocycles. The Morgan fingerprint density at radius 1 is 1.37 bits per heavy atom. The van der Waals surface area contributed by atoms with Gasteiger partial charge in [0.25, 0.3) is 0 Å². The van der Waals surface area contributed by atoms with Crippen LogP contribution in [0.15, 0.2) is 18.2 Å². The van der Waals surface area contributed by atoms with Gasteiger partial charge in [-0.2, -0.15) is 13.2 Å². The van der Waals surface area contributed by atoms with Crippen molar-refractivity contribution in [3.05, 3.63) is 29.6 Å². The van der Waals surface area contributed by atoms with E-state index in [0.29, 0.717) is 23.3 Å². The predicted octanol–water partition coefficient (Wildman–Crippen LogP) is 3.55. The number of hydrogen-bond acceptors (Lipinski definition) is 2. The molecular weight excluding hydrogens is 257 g/mol. The maximum atomic E-state index is 12.6. The minimum Gasteiger partial charge on any atom is -0.382 e. The summed E-state index contributed by atoms with van der Waals surface area (Å²) in [5, 5.41) is 0. The molecule has 1 atom stereocenters. The third-order valence-electron chi connectivity index (χ3n) is 3.05. The number of aryl methyl sites for hydroxylation is 1. The van der Waals surface area contributed by atoms with Crippen LogP contribution in [0.4, 0.5) is 13.2 Å². The van der Waals surface area contributed by atoms with Gasteiger partial charge in [0.1, 0.15) is 5.82 Å². The Morgan fingerprint density at radius 3 is 2.74 bits per heavy atom. The fourth-order valence-electron chi connectivity index (χ4n) is 1.82. The molecule has 0 fully saturated rings. The number of ether oxygens (including phenoxy) is 1. The van der Waals surface area contributed by atoms with Crippen LogP contribution in [0, 0.1) is 0 Å². The predicted molar refractivity (Wildman–Crippen MR) is 65.9 cm³/mol. The molecule has 0 saturated heterocycles. The van der Waals surface area contributed by atoms with E-state index in [0.717, 1.165) is 18.6 Å². The Labute approximate surface area is 108 Å². The standard InChI is InChI=1S/C13H15F3N2O/c1-8(19-2)3-6-12-17-10-5-4-9(13(14,15)16)7-11(10)18-12/h4-5,7-8H,3,6H2,1-2H3,(H,17,18). The molecule has 1 heterocycles. The Bertz CT molecular complexity index is 563. The molecule has 6 heteroatoms. The van der Waals surface area contributed by atoms with Crippen molar-refractivity contribution in [2.75, 3.05) is 7.11 Å². The summed E-state index contributed by atoms with van der Waals surface area (Å²) < 4.78 is 42.8. The van der Waals surface area contributed by atoms with E-state index in [9.17, 15) is 13.2 Å². The van der Waals surface area contributed by atoms with Crippen molar-refractivity contribution in [2.24, 2.45) is 0 Å². The highest BCUT2D eigenvalue weighted by Crippen LogP contribution is 2.30. The number of imidazole rings is 1. The van der Waals surface area contributed by atoms with Crippen LogP contribution in [0.5, 0.6) is 0 Å². The van der Waals surface area contributed by atoms with Crippen molar-refractivity contribution >= 4 is 11.0 Å². The Hall–Kier alpha value is -1.56. The molecule has 0 aliphatic heterocycles. The first-order valence-corrected chi connectivity index (χ1v) is 5.99. The number of nitrogens with one attached hydrogen (secondary N) is 1. The van der Waals surface area contributed by atoms with Gasteiger partial charge in [-0.3, -0.25) is 0 Å². The van der Waals surface area contributed by atoms with Crippen LogP contribution in [0.2, 0.25) is 0 Å². The third kappa shape index (κ3) is 3.26. The van der Waals surface area contributed by atoms with Crippen LogP contribution in [0.1, 0.15) is 24.7 Å². The van der Waals surface area contributed by atoms with Gasteiger partial charge in [-0.25, -0.2) is 4.98 Å². The lowest BCUT2D eigenvalue weighted by molar-refractivity contribution is -0.137. The molecule has 1 N–H and O–H groups in total. The summed E-state index contributed by atoms with van der Waals surface area (Å²) in [7, 11) is 1.62. The number of halogens is 3. The second-order valence-electron chi connectivity index (χ2n) is 4.50. The summed E-state index contributed by atoms with van der Waals surface area (Å²) >= 11 is 0. The Balaban J connectivity index is 2.21. The summed E-state index contributed by atoms with van der Waals surface area (Å²) in [6.07, 6.45) is -2.82. The monoisotopic (exact) mass is 272 g/mol. The number of H-pyrrole nitrogens is 1. The second-order valence-corrected chi connectivity index (χ2v) is 4.50. The molecule has 0 saturated carbocycles. The van der Waals surface area contributed by atoms with Crippen LogP contribution in [0.25, 0.3) is 11.0 Å². The van der Waals surface area contributed by atoms with Crippen molar-refractivity contribution in [1.82, 2.24) is 9.97 Å². The van der Waals surface area contributed by atoms with Gasteiger partial charge in [0, 0.05) is 13.5 Å². The van der Waals surface area contributed by atoms with Gasteiger partial charge in [0.05, 0.1) is 22.7 Å². The molecule has 19 heavy (non-hydrogen) atoms. The average Bonchev–Trinajstić information content (AvgIpc) is 2.76. The van der Waals surface area contributed by atoms with Crippen molar-refractivity contribution < 1.29 is 17.9 Å². The number of alkyl halides is 3. The maximum absolute atomic E-state index is 12.6. The number of nitrogens with zero attached hydrogens (tertiary/aromatic N) is 1. The van der Waals surface area contributed by atoms with Crippen molar-refractivity contribution in [1.29, 1.82) is 0 Å². The first-order valence-electron chi connectivity index (χ1n) is 5.99. The second kappa shape index (κ2) is 5.21. The van der Waals surface area contributed by atoms with Gasteiger partial charge < -0.3 is 9.72 Å². The van der Waals surface area contributed by atoms with Crippen LogP contribution in [0.3, 0.4) is 0 Å². The molecule has 3 nitrogen and oxygen atoms in total. The van der Waals surface area contributed by atoms with E-state index in [-0.39, 0.29) is 6.10 Å². The van der Waals surface area contributed by atoms with E-state index in [1.807, 2.05) is 6.92 Å². The molecule has 0 amide bonds. The zero-order valence-electron chi connectivity index (χ0n) is 10.7. The summed E-state index contributed by atoms with van der Waals surface area (Å²) in [6.45, 7) is 1.93. The fraction of sp³-hybridized carbons (Fsp3) is 0.462. The number of hydrogen-bond donors (Lipinski definition) is 1. The van der Waals surface area contributed by atoms with Crippen molar-refractivity contribution in [3.63, 3.8) is 0 Å². The molecule has 0 bridgehead atoms. The number of fused-ring (bicyclic) bond motifs is 1. The van der Waals surface area contributed by atoms with Gasteiger partial charge in [-0.15, -0.1) is 0 Å². The minimum atomic E-state index is -4.33. The zero-order chi connectivity index (χ0) is 14.0. The lowest BCUT2D eigenvalue weighted by atomic mass is 10.2. The van der Waals surface area contributed by atoms with Gasteiger partial charge in [0.15, 0.2) is 0 Å². The molecule has 0 aliphatic rings. The first-order chi connectivity index (χ1) is 8.90. The molecule has 2 rings (SSSR count). The number of benzene rings is 1. The highest BCUT2D eigenvalue weighted by molar-refractivity contribution is 5.76. The van der Waals surface area contributed by atoms with E-state index >= 15 is 0 Å². The maximum Gasteiger partial charge on any atom is 0.416 e. The molecule has 2 aromatic rings. The lowest BCUT2D eigenvalue weighted by Gasteiger charge is -2.06. The normalized spacial score (nSPS) is 13.9. The van der Waals surface area contributed by atoms with E-state index < -0.39 is 11.7 Å². The van der Waals surface area contributed by atoms with Crippen molar-refractivity contribution in [2.45, 2.75) is 32.0 Å². The largest absolute Gasteiger partial charge is 0.416 e. The van der Waals surface area contributed by atoms with Crippen LogP contribution >= 0.6 is 0 Å². The van der Waals surface area contributed by atoms with Gasteiger partial charge in [0.2, 0.25) is 0 Å². The minimum absolute atomic E-state index is 0.0962. The average molecular weight is 272 g/mol. The number of aromatic nitrogens is 2. The van der Waals surface area contributed by atoms with E-state index in [1.165, 1.54) is 6.07 Å². The van der Waals surface area contributed by atoms with Gasteiger partial charge >= 0.3 is 6.18 Å². The molecule has 0 spiro atoms. The van der Waals surface area contributed by atoms with E-state index in [1.54, 1.807) is 7.11 Å². The number of methoxy groups -OCH3 is 1. The van der Waals surface area contributed by atoms with Crippen molar-refractivity contribution in [3.8, 4) is 0 Å². The zero-order valence-corrected chi connectivity index (χ0v) is 10.7. The number of aromatic amines is 1. The molecule has 1 unspecified atom stereocenters. The SMILES string of the molecule is COC(C)CCc1nc2ccc(C(F)(F)F)cc2[nH]1. The smallest absolute Gasteiger partial charge is 0.382 e. The summed E-state index contributed by atoms with van der Waals surface area (Å²) in [5.74, 6) is 0.679.